The number of imidazole rings is 1. The second-order valence-corrected chi connectivity index (χ2v) is 4.91. The van der Waals surface area contributed by atoms with Gasteiger partial charge in [0.2, 0.25) is 0 Å². The fourth-order valence-electron chi connectivity index (χ4n) is 1.78. The van der Waals surface area contributed by atoms with Crippen LogP contribution < -0.4 is 4.74 Å². The molecule has 0 N–H and O–H groups in total. The number of hydrogen-bond donors (Lipinski definition) is 0. The van der Waals surface area contributed by atoms with Gasteiger partial charge in [-0.15, -0.1) is 0 Å². The lowest BCUT2D eigenvalue weighted by Crippen LogP contribution is -2.03. The Morgan fingerprint density at radius 1 is 1.24 bits per heavy atom. The molecule has 0 aliphatic heterocycles. The first-order chi connectivity index (χ1) is 8.13. The second kappa shape index (κ2) is 4.92. The van der Waals surface area contributed by atoms with E-state index in [4.69, 9.17) is 4.74 Å². The predicted molar refractivity (Wildman–Crippen MR) is 72.3 cm³/mol. The monoisotopic (exact) mass is 294 g/mol. The van der Waals surface area contributed by atoms with Crippen molar-refractivity contribution in [3.63, 3.8) is 0 Å². The Morgan fingerprint density at radius 3 is 2.41 bits per heavy atom. The van der Waals surface area contributed by atoms with Gasteiger partial charge < -0.3 is 9.30 Å². The molecule has 0 spiro atoms. The molecule has 90 valence electrons. The zero-order chi connectivity index (χ0) is 12.4. The zero-order valence-electron chi connectivity index (χ0n) is 10.1. The number of benzene rings is 1. The maximum atomic E-state index is 5.15. The summed E-state index contributed by atoms with van der Waals surface area (Å²) in [5.41, 5.74) is 1.09. The van der Waals surface area contributed by atoms with Gasteiger partial charge >= 0.3 is 0 Å². The molecule has 0 fully saturated rings. The number of nitrogens with zero attached hydrogens (tertiary/aromatic N) is 2. The molecule has 1 heterocycles. The molecule has 1 aromatic heterocycles. The Hall–Kier alpha value is -1.29. The van der Waals surface area contributed by atoms with Gasteiger partial charge in [-0.2, -0.15) is 0 Å². The molecule has 2 aromatic rings. The molecular weight excluding hydrogens is 280 g/mol. The molecule has 0 radical (unpaired) electrons. The van der Waals surface area contributed by atoms with E-state index in [0.29, 0.717) is 6.04 Å². The van der Waals surface area contributed by atoms with E-state index in [-0.39, 0.29) is 0 Å². The first-order valence-electron chi connectivity index (χ1n) is 5.50. The van der Waals surface area contributed by atoms with Crippen LogP contribution in [-0.4, -0.2) is 16.7 Å². The van der Waals surface area contributed by atoms with Crippen molar-refractivity contribution >= 4 is 15.9 Å². The smallest absolute Gasteiger partial charge is 0.141 e. The predicted octanol–water partition coefficient (Wildman–Crippen LogP) is 3.90. The summed E-state index contributed by atoms with van der Waals surface area (Å²) in [5, 5.41) is 0. The largest absolute Gasteiger partial charge is 0.497 e. The van der Waals surface area contributed by atoms with Crippen molar-refractivity contribution in [2.75, 3.05) is 7.11 Å². The van der Waals surface area contributed by atoms with Crippen LogP contribution in [0.15, 0.2) is 35.1 Å². The van der Waals surface area contributed by atoms with Crippen LogP contribution in [0.25, 0.3) is 11.4 Å². The molecule has 0 atom stereocenters. The van der Waals surface area contributed by atoms with Crippen LogP contribution in [0.3, 0.4) is 0 Å². The number of methoxy groups -OCH3 is 1. The summed E-state index contributed by atoms with van der Waals surface area (Å²) >= 11 is 3.52. The van der Waals surface area contributed by atoms with E-state index in [1.807, 2.05) is 30.5 Å². The summed E-state index contributed by atoms with van der Waals surface area (Å²) in [7, 11) is 1.67. The molecule has 4 heteroatoms. The number of hydrogen-bond acceptors (Lipinski definition) is 2. The fraction of sp³-hybridized carbons (Fsp3) is 0.308. The Labute approximate surface area is 110 Å². The minimum absolute atomic E-state index is 0.365. The summed E-state index contributed by atoms with van der Waals surface area (Å²) in [5.74, 6) is 1.82. The normalized spacial score (nSPS) is 10.9. The average molecular weight is 295 g/mol. The molecule has 2 rings (SSSR count). The molecular formula is C13H15BrN2O. The molecule has 0 bridgehead atoms. The maximum Gasteiger partial charge on any atom is 0.141 e. The van der Waals surface area contributed by atoms with Crippen LogP contribution in [0, 0.1) is 0 Å². The first kappa shape index (κ1) is 12.2. The van der Waals surface area contributed by atoms with Crippen molar-refractivity contribution in [1.82, 2.24) is 9.55 Å². The third-order valence-electron chi connectivity index (χ3n) is 2.62. The van der Waals surface area contributed by atoms with Gasteiger partial charge in [-0.1, -0.05) is 0 Å². The Morgan fingerprint density at radius 2 is 1.88 bits per heavy atom. The minimum atomic E-state index is 0.365. The molecule has 17 heavy (non-hydrogen) atoms. The van der Waals surface area contributed by atoms with Crippen molar-refractivity contribution in [2.45, 2.75) is 19.9 Å². The Kier molecular flexibility index (Phi) is 3.52. The third kappa shape index (κ3) is 2.36. The van der Waals surface area contributed by atoms with Crippen LogP contribution in [0.1, 0.15) is 19.9 Å². The van der Waals surface area contributed by atoms with Gasteiger partial charge in [0.25, 0.3) is 0 Å². The van der Waals surface area contributed by atoms with Crippen LogP contribution in [-0.2, 0) is 0 Å². The average Bonchev–Trinajstić information content (AvgIpc) is 2.71. The van der Waals surface area contributed by atoms with E-state index in [2.05, 4.69) is 39.3 Å². The SMILES string of the molecule is COc1ccc(-c2ncc(Br)n2C(C)C)cc1. The number of ether oxygens (including phenoxy) is 1. The lowest BCUT2D eigenvalue weighted by Gasteiger charge is -2.13. The third-order valence-corrected chi connectivity index (χ3v) is 3.20. The first-order valence-corrected chi connectivity index (χ1v) is 6.30. The number of aromatic nitrogens is 2. The highest BCUT2D eigenvalue weighted by molar-refractivity contribution is 9.10. The zero-order valence-corrected chi connectivity index (χ0v) is 11.7. The van der Waals surface area contributed by atoms with Gasteiger partial charge in [0.05, 0.1) is 13.3 Å². The second-order valence-electron chi connectivity index (χ2n) is 4.10. The summed E-state index contributed by atoms with van der Waals surface area (Å²) in [4.78, 5) is 4.44. The number of halogens is 1. The quantitative estimate of drug-likeness (QED) is 0.858. The summed E-state index contributed by atoms with van der Waals surface area (Å²) in [6, 6.07) is 8.30. The molecule has 0 saturated heterocycles. The summed E-state index contributed by atoms with van der Waals surface area (Å²) in [6.45, 7) is 4.28. The van der Waals surface area contributed by atoms with E-state index >= 15 is 0 Å². The topological polar surface area (TPSA) is 27.1 Å². The van der Waals surface area contributed by atoms with Crippen LogP contribution in [0.5, 0.6) is 5.75 Å². The standard InChI is InChI=1S/C13H15BrN2O/c1-9(2)16-12(14)8-15-13(16)10-4-6-11(17-3)7-5-10/h4-9H,1-3H3. The van der Waals surface area contributed by atoms with Crippen molar-refractivity contribution in [1.29, 1.82) is 0 Å². The van der Waals surface area contributed by atoms with Gasteiger partial charge in [-0.25, -0.2) is 4.98 Å². The van der Waals surface area contributed by atoms with Crippen molar-refractivity contribution in [2.24, 2.45) is 0 Å². The van der Waals surface area contributed by atoms with Crippen LogP contribution in [0.4, 0.5) is 0 Å². The van der Waals surface area contributed by atoms with E-state index < -0.39 is 0 Å². The Balaban J connectivity index is 2.45. The van der Waals surface area contributed by atoms with Gasteiger partial charge in [-0.05, 0) is 54.0 Å². The highest BCUT2D eigenvalue weighted by Gasteiger charge is 2.12. The highest BCUT2D eigenvalue weighted by Crippen LogP contribution is 2.27. The number of rotatable bonds is 3. The van der Waals surface area contributed by atoms with E-state index in [1.54, 1.807) is 7.11 Å². The van der Waals surface area contributed by atoms with Crippen LogP contribution >= 0.6 is 15.9 Å². The Bertz CT molecular complexity index is 503. The van der Waals surface area contributed by atoms with Crippen LogP contribution in [0.2, 0.25) is 0 Å². The maximum absolute atomic E-state index is 5.15. The highest BCUT2D eigenvalue weighted by atomic mass is 79.9. The van der Waals surface area contributed by atoms with Gasteiger partial charge in [-0.3, -0.25) is 0 Å². The van der Waals surface area contributed by atoms with E-state index in [0.717, 1.165) is 21.7 Å². The van der Waals surface area contributed by atoms with E-state index in [9.17, 15) is 0 Å². The molecule has 0 saturated carbocycles. The van der Waals surface area contributed by atoms with Gasteiger partial charge in [0, 0.05) is 11.6 Å². The molecule has 0 aliphatic rings. The van der Waals surface area contributed by atoms with Gasteiger partial charge in [0.1, 0.15) is 16.2 Å². The van der Waals surface area contributed by atoms with Gasteiger partial charge in [0.15, 0.2) is 0 Å². The van der Waals surface area contributed by atoms with Crippen molar-refractivity contribution in [3.8, 4) is 17.1 Å². The van der Waals surface area contributed by atoms with Crippen molar-refractivity contribution in [3.05, 3.63) is 35.1 Å². The lowest BCUT2D eigenvalue weighted by molar-refractivity contribution is 0.415. The minimum Gasteiger partial charge on any atom is -0.497 e. The molecule has 0 unspecified atom stereocenters. The summed E-state index contributed by atoms with van der Waals surface area (Å²) < 4.78 is 8.30. The molecule has 1 aromatic carbocycles. The van der Waals surface area contributed by atoms with Crippen molar-refractivity contribution < 1.29 is 4.74 Å². The molecule has 0 amide bonds. The lowest BCUT2D eigenvalue weighted by atomic mass is 10.2. The molecule has 3 nitrogen and oxygen atoms in total. The molecule has 0 aliphatic carbocycles. The fourth-order valence-corrected chi connectivity index (χ4v) is 2.46. The summed E-state index contributed by atoms with van der Waals surface area (Å²) in [6.07, 6.45) is 1.83. The van der Waals surface area contributed by atoms with E-state index in [1.165, 1.54) is 0 Å².